The van der Waals surface area contributed by atoms with Crippen LogP contribution >= 0.6 is 22.9 Å². The SMILES string of the molecule is COC(=O)c1cc2sc(N(C)C(=O)Nc3ccc(CC(C)C)c(Cl)c3)cc2oc1=O. The normalized spacial score (nSPS) is 11.0. The second-order valence-corrected chi connectivity index (χ2v) is 8.62. The van der Waals surface area contributed by atoms with E-state index < -0.39 is 11.6 Å². The fourth-order valence-corrected chi connectivity index (χ4v) is 4.10. The first-order valence-electron chi connectivity index (χ1n) is 9.18. The number of rotatable bonds is 5. The summed E-state index contributed by atoms with van der Waals surface area (Å²) in [6, 6.07) is 8.02. The van der Waals surface area contributed by atoms with Crippen LogP contribution in [0.4, 0.5) is 15.5 Å². The predicted molar refractivity (Wildman–Crippen MR) is 119 cm³/mol. The van der Waals surface area contributed by atoms with Crippen LogP contribution in [0.25, 0.3) is 10.3 Å². The first kappa shape index (κ1) is 21.9. The third-order valence-corrected chi connectivity index (χ3v) is 5.87. The maximum absolute atomic E-state index is 12.7. The van der Waals surface area contributed by atoms with Gasteiger partial charge in [-0.2, -0.15) is 0 Å². The fourth-order valence-electron chi connectivity index (χ4n) is 2.86. The molecule has 1 N–H and O–H groups in total. The zero-order chi connectivity index (χ0) is 22.0. The van der Waals surface area contributed by atoms with Gasteiger partial charge in [-0.1, -0.05) is 31.5 Å². The van der Waals surface area contributed by atoms with Gasteiger partial charge in [-0.3, -0.25) is 4.90 Å². The lowest BCUT2D eigenvalue weighted by Gasteiger charge is -2.16. The van der Waals surface area contributed by atoms with E-state index in [0.29, 0.717) is 26.3 Å². The molecule has 0 fully saturated rings. The molecule has 158 valence electrons. The lowest BCUT2D eigenvalue weighted by Crippen LogP contribution is -2.30. The molecule has 0 aliphatic heterocycles. The van der Waals surface area contributed by atoms with Crippen molar-refractivity contribution in [3.63, 3.8) is 0 Å². The Kier molecular flexibility index (Phi) is 6.48. The van der Waals surface area contributed by atoms with Gasteiger partial charge in [0.1, 0.15) is 10.6 Å². The van der Waals surface area contributed by atoms with Crippen LogP contribution in [0.5, 0.6) is 0 Å². The minimum Gasteiger partial charge on any atom is -0.465 e. The number of ether oxygens (including phenoxy) is 1. The summed E-state index contributed by atoms with van der Waals surface area (Å²) < 4.78 is 10.3. The molecule has 3 aromatic rings. The van der Waals surface area contributed by atoms with Gasteiger partial charge in [0, 0.05) is 23.8 Å². The maximum atomic E-state index is 12.7. The number of thiophene rings is 1. The molecule has 3 rings (SSSR count). The third-order valence-electron chi connectivity index (χ3n) is 4.38. The highest BCUT2D eigenvalue weighted by molar-refractivity contribution is 7.22. The number of esters is 1. The number of anilines is 2. The zero-order valence-electron chi connectivity index (χ0n) is 16.9. The zero-order valence-corrected chi connectivity index (χ0v) is 18.5. The topological polar surface area (TPSA) is 88.8 Å². The third kappa shape index (κ3) is 4.66. The number of urea groups is 1. The molecular formula is C21H21ClN2O5S. The molecule has 0 aliphatic rings. The van der Waals surface area contributed by atoms with Gasteiger partial charge in [0.05, 0.1) is 11.8 Å². The summed E-state index contributed by atoms with van der Waals surface area (Å²) in [6.45, 7) is 4.23. The van der Waals surface area contributed by atoms with E-state index in [4.69, 9.17) is 16.0 Å². The van der Waals surface area contributed by atoms with E-state index in [1.807, 2.05) is 12.1 Å². The summed E-state index contributed by atoms with van der Waals surface area (Å²) in [5, 5.41) is 3.94. The maximum Gasteiger partial charge on any atom is 0.351 e. The van der Waals surface area contributed by atoms with Crippen LogP contribution in [0.3, 0.4) is 0 Å². The Labute approximate surface area is 182 Å². The van der Waals surface area contributed by atoms with E-state index >= 15 is 0 Å². The van der Waals surface area contributed by atoms with Gasteiger partial charge in [-0.25, -0.2) is 14.4 Å². The number of nitrogens with zero attached hydrogens (tertiary/aromatic N) is 1. The molecule has 0 atom stereocenters. The van der Waals surface area contributed by atoms with Crippen LogP contribution in [-0.2, 0) is 11.2 Å². The van der Waals surface area contributed by atoms with Gasteiger partial charge in [-0.15, -0.1) is 11.3 Å². The molecule has 0 spiro atoms. The van der Waals surface area contributed by atoms with E-state index in [9.17, 15) is 14.4 Å². The van der Waals surface area contributed by atoms with Crippen LogP contribution in [-0.4, -0.2) is 26.2 Å². The van der Waals surface area contributed by atoms with Gasteiger partial charge in [0.2, 0.25) is 0 Å². The Bertz CT molecular complexity index is 1170. The monoisotopic (exact) mass is 448 g/mol. The number of carbonyl (C=O) groups excluding carboxylic acids is 2. The summed E-state index contributed by atoms with van der Waals surface area (Å²) in [5.74, 6) is -0.300. The van der Waals surface area contributed by atoms with E-state index in [2.05, 4.69) is 23.9 Å². The minimum atomic E-state index is -0.790. The van der Waals surface area contributed by atoms with Crippen LogP contribution in [0.15, 0.2) is 39.5 Å². The largest absolute Gasteiger partial charge is 0.465 e. The smallest absolute Gasteiger partial charge is 0.351 e. The quantitative estimate of drug-likeness (QED) is 0.544. The number of benzene rings is 1. The minimum absolute atomic E-state index is 0.193. The predicted octanol–water partition coefficient (Wildman–Crippen LogP) is 5.16. The van der Waals surface area contributed by atoms with Crippen LogP contribution in [0.1, 0.15) is 29.8 Å². The number of nitrogens with one attached hydrogen (secondary N) is 1. The van der Waals surface area contributed by atoms with E-state index in [0.717, 1.165) is 12.0 Å². The molecule has 9 heteroatoms. The van der Waals surface area contributed by atoms with Crippen LogP contribution in [0, 0.1) is 5.92 Å². The summed E-state index contributed by atoms with van der Waals surface area (Å²) in [5.41, 5.74) is 0.904. The Morgan fingerprint density at radius 2 is 2.00 bits per heavy atom. The van der Waals surface area contributed by atoms with E-state index in [-0.39, 0.29) is 17.2 Å². The molecule has 0 saturated heterocycles. The Morgan fingerprint density at radius 3 is 2.63 bits per heavy atom. The van der Waals surface area contributed by atoms with Crippen molar-refractivity contribution in [1.82, 2.24) is 0 Å². The molecule has 0 aliphatic carbocycles. The lowest BCUT2D eigenvalue weighted by molar-refractivity contribution is 0.0596. The first-order chi connectivity index (χ1) is 14.2. The van der Waals surface area contributed by atoms with Crippen LogP contribution < -0.4 is 15.8 Å². The second-order valence-electron chi connectivity index (χ2n) is 7.15. The molecule has 1 aromatic carbocycles. The number of hydrogen-bond acceptors (Lipinski definition) is 6. The standard InChI is InChI=1S/C21H21ClN2O5S/c1-11(2)7-12-5-6-13(8-15(12)22)23-21(27)24(3)18-10-16-17(30-18)9-14(19(25)28-4)20(26)29-16/h5-6,8-11H,7H2,1-4H3,(H,23,27). The fraction of sp³-hybridized carbons (Fsp3) is 0.286. The number of fused-ring (bicyclic) bond motifs is 1. The number of halogens is 1. The molecule has 0 radical (unpaired) electrons. The molecule has 2 aromatic heterocycles. The second kappa shape index (κ2) is 8.89. The van der Waals surface area contributed by atoms with Crippen LogP contribution in [0.2, 0.25) is 5.02 Å². The molecule has 0 saturated carbocycles. The van der Waals surface area contributed by atoms with Gasteiger partial charge < -0.3 is 14.5 Å². The molecule has 7 nitrogen and oxygen atoms in total. The van der Waals surface area contributed by atoms with Crippen molar-refractivity contribution in [3.8, 4) is 0 Å². The van der Waals surface area contributed by atoms with Crippen molar-refractivity contribution in [1.29, 1.82) is 0 Å². The average molecular weight is 449 g/mol. The van der Waals surface area contributed by atoms with Crippen molar-refractivity contribution in [2.45, 2.75) is 20.3 Å². The number of carbonyl (C=O) groups is 2. The van der Waals surface area contributed by atoms with E-state index in [1.54, 1.807) is 19.2 Å². The molecule has 2 heterocycles. The average Bonchev–Trinajstić information content (AvgIpc) is 3.10. The van der Waals surface area contributed by atoms with Crippen molar-refractivity contribution < 1.29 is 18.7 Å². The van der Waals surface area contributed by atoms with Gasteiger partial charge in [0.25, 0.3) is 0 Å². The molecule has 0 unspecified atom stereocenters. The molecule has 30 heavy (non-hydrogen) atoms. The number of hydrogen-bond donors (Lipinski definition) is 1. The lowest BCUT2D eigenvalue weighted by atomic mass is 10.0. The summed E-state index contributed by atoms with van der Waals surface area (Å²) in [6.07, 6.45) is 0.855. The van der Waals surface area contributed by atoms with Gasteiger partial charge in [0.15, 0.2) is 5.58 Å². The Balaban J connectivity index is 1.80. The summed E-state index contributed by atoms with van der Waals surface area (Å²) in [4.78, 5) is 37.7. The Morgan fingerprint density at radius 1 is 1.27 bits per heavy atom. The Hall–Kier alpha value is -2.84. The molecule has 0 bridgehead atoms. The summed E-state index contributed by atoms with van der Waals surface area (Å²) in [7, 11) is 2.78. The van der Waals surface area contributed by atoms with Crippen molar-refractivity contribution in [2.75, 3.05) is 24.4 Å². The van der Waals surface area contributed by atoms with Gasteiger partial charge >= 0.3 is 17.6 Å². The highest BCUT2D eigenvalue weighted by Gasteiger charge is 2.19. The van der Waals surface area contributed by atoms with Crippen molar-refractivity contribution in [3.05, 3.63) is 56.9 Å². The first-order valence-corrected chi connectivity index (χ1v) is 10.4. The van der Waals surface area contributed by atoms with Crippen molar-refractivity contribution >= 4 is 55.9 Å². The highest BCUT2D eigenvalue weighted by Crippen LogP contribution is 2.32. The van der Waals surface area contributed by atoms with Crippen molar-refractivity contribution in [2.24, 2.45) is 5.92 Å². The van der Waals surface area contributed by atoms with E-state index in [1.165, 1.54) is 29.4 Å². The molecule has 2 amide bonds. The summed E-state index contributed by atoms with van der Waals surface area (Å²) >= 11 is 7.54. The molecular weight excluding hydrogens is 428 g/mol. The highest BCUT2D eigenvalue weighted by atomic mass is 35.5. The number of methoxy groups -OCH3 is 1. The number of amides is 2. The van der Waals surface area contributed by atoms with Gasteiger partial charge in [-0.05, 0) is 36.1 Å².